The Kier molecular flexibility index (Phi) is 4.45. The smallest absolute Gasteiger partial charge is 0.329 e. The molecule has 0 bridgehead atoms. The van der Waals surface area contributed by atoms with Crippen LogP contribution < -0.4 is 10.1 Å². The molecule has 4 nitrogen and oxygen atoms in total. The molecule has 0 amide bonds. The second-order valence-corrected chi connectivity index (χ2v) is 6.73. The Morgan fingerprint density at radius 3 is 2.57 bits per heavy atom. The minimum atomic E-state index is -0.900. The Hall–Kier alpha value is -1.71. The van der Waals surface area contributed by atoms with Crippen LogP contribution in [0.5, 0.6) is 5.75 Å². The molecule has 1 aromatic rings. The minimum absolute atomic E-state index is 0.208. The molecule has 0 saturated heterocycles. The van der Waals surface area contributed by atoms with Crippen LogP contribution in [0, 0.1) is 5.41 Å². The van der Waals surface area contributed by atoms with Gasteiger partial charge in [0.1, 0.15) is 11.3 Å². The van der Waals surface area contributed by atoms with Crippen LogP contribution in [0.4, 0.5) is 5.69 Å². The van der Waals surface area contributed by atoms with E-state index in [1.54, 1.807) is 7.11 Å². The van der Waals surface area contributed by atoms with Gasteiger partial charge in [-0.1, -0.05) is 26.0 Å². The highest BCUT2D eigenvalue weighted by Gasteiger charge is 2.42. The largest absolute Gasteiger partial charge is 0.495 e. The summed E-state index contributed by atoms with van der Waals surface area (Å²) in [6.07, 6.45) is 4.16. The second-order valence-electron chi connectivity index (χ2n) is 6.73. The fraction of sp³-hybridized carbons (Fsp3) is 0.588. The van der Waals surface area contributed by atoms with Gasteiger partial charge in [-0.25, -0.2) is 4.79 Å². The molecule has 21 heavy (non-hydrogen) atoms. The van der Waals surface area contributed by atoms with Gasteiger partial charge in [-0.15, -0.1) is 0 Å². The standard InChI is InChI=1S/C17H25NO3/c1-16(2)9-6-10-17(12-11-16,15(19)20)18-13-7-4-5-8-14(13)21-3/h4-5,7-8,18H,6,9-12H2,1-3H3,(H,19,20). The number of nitrogens with one attached hydrogen (secondary N) is 1. The molecule has 0 radical (unpaired) electrons. The molecule has 2 rings (SSSR count). The summed E-state index contributed by atoms with van der Waals surface area (Å²) in [5.74, 6) is -0.0901. The Balaban J connectivity index is 2.29. The van der Waals surface area contributed by atoms with E-state index in [-0.39, 0.29) is 5.41 Å². The van der Waals surface area contributed by atoms with Crippen molar-refractivity contribution in [2.24, 2.45) is 5.41 Å². The quantitative estimate of drug-likeness (QED) is 0.825. The number of ether oxygens (including phenoxy) is 1. The normalized spacial score (nSPS) is 24.9. The van der Waals surface area contributed by atoms with Crippen molar-refractivity contribution >= 4 is 11.7 Å². The van der Waals surface area contributed by atoms with E-state index in [0.29, 0.717) is 18.6 Å². The summed E-state index contributed by atoms with van der Waals surface area (Å²) < 4.78 is 5.33. The molecule has 0 spiro atoms. The van der Waals surface area contributed by atoms with Crippen LogP contribution >= 0.6 is 0 Å². The van der Waals surface area contributed by atoms with E-state index >= 15 is 0 Å². The summed E-state index contributed by atoms with van der Waals surface area (Å²) in [5, 5.41) is 13.1. The van der Waals surface area contributed by atoms with Crippen molar-refractivity contribution in [1.82, 2.24) is 0 Å². The van der Waals surface area contributed by atoms with E-state index in [9.17, 15) is 9.90 Å². The van der Waals surface area contributed by atoms with Crippen molar-refractivity contribution in [1.29, 1.82) is 0 Å². The average Bonchev–Trinajstić information content (AvgIpc) is 2.59. The van der Waals surface area contributed by atoms with Crippen molar-refractivity contribution in [3.05, 3.63) is 24.3 Å². The molecule has 0 aliphatic heterocycles. The lowest BCUT2D eigenvalue weighted by molar-refractivity contribution is -0.142. The molecule has 1 atom stereocenters. The molecule has 4 heteroatoms. The van der Waals surface area contributed by atoms with E-state index < -0.39 is 11.5 Å². The maximum absolute atomic E-state index is 11.9. The SMILES string of the molecule is COc1ccccc1NC1(C(=O)O)CCCC(C)(C)CC1. The summed E-state index contributed by atoms with van der Waals surface area (Å²) >= 11 is 0. The Morgan fingerprint density at radius 1 is 1.19 bits per heavy atom. The third-order valence-corrected chi connectivity index (χ3v) is 4.58. The molecule has 1 aliphatic carbocycles. The molecular weight excluding hydrogens is 266 g/mol. The first kappa shape index (κ1) is 15.7. The molecule has 1 saturated carbocycles. The summed E-state index contributed by atoms with van der Waals surface area (Å²) in [6, 6.07) is 7.49. The number of hydrogen-bond donors (Lipinski definition) is 2. The minimum Gasteiger partial charge on any atom is -0.495 e. The maximum Gasteiger partial charge on any atom is 0.329 e. The summed E-state index contributed by atoms with van der Waals surface area (Å²) in [4.78, 5) is 11.9. The average molecular weight is 291 g/mol. The number of carboxylic acids is 1. The predicted octanol–water partition coefficient (Wildman–Crippen LogP) is 3.92. The van der Waals surface area contributed by atoms with Gasteiger partial charge in [0, 0.05) is 0 Å². The van der Waals surface area contributed by atoms with Gasteiger partial charge in [-0.05, 0) is 49.7 Å². The summed E-state index contributed by atoms with van der Waals surface area (Å²) in [5.41, 5.74) is 0.0595. The number of aliphatic carboxylic acids is 1. The van der Waals surface area contributed by atoms with Crippen LogP contribution in [-0.2, 0) is 4.79 Å². The van der Waals surface area contributed by atoms with E-state index in [1.165, 1.54) is 0 Å². The van der Waals surface area contributed by atoms with Crippen LogP contribution in [0.3, 0.4) is 0 Å². The first-order valence-corrected chi connectivity index (χ1v) is 7.53. The van der Waals surface area contributed by atoms with Crippen LogP contribution in [0.1, 0.15) is 46.0 Å². The lowest BCUT2D eigenvalue weighted by Gasteiger charge is -2.31. The van der Waals surface area contributed by atoms with E-state index in [4.69, 9.17) is 4.74 Å². The number of methoxy groups -OCH3 is 1. The zero-order chi connectivity index (χ0) is 15.5. The third kappa shape index (κ3) is 3.49. The Bertz CT molecular complexity index is 513. The molecule has 116 valence electrons. The van der Waals surface area contributed by atoms with E-state index in [2.05, 4.69) is 19.2 Å². The third-order valence-electron chi connectivity index (χ3n) is 4.58. The predicted molar refractivity (Wildman–Crippen MR) is 83.8 cm³/mol. The van der Waals surface area contributed by atoms with Gasteiger partial charge < -0.3 is 15.2 Å². The van der Waals surface area contributed by atoms with Gasteiger partial charge >= 0.3 is 5.97 Å². The highest BCUT2D eigenvalue weighted by Crippen LogP contribution is 2.40. The van der Waals surface area contributed by atoms with E-state index in [1.807, 2.05) is 24.3 Å². The van der Waals surface area contributed by atoms with E-state index in [0.717, 1.165) is 24.9 Å². The van der Waals surface area contributed by atoms with Crippen molar-refractivity contribution in [2.45, 2.75) is 51.5 Å². The fourth-order valence-corrected chi connectivity index (χ4v) is 3.07. The highest BCUT2D eigenvalue weighted by molar-refractivity contribution is 5.83. The maximum atomic E-state index is 11.9. The van der Waals surface area contributed by atoms with Crippen LogP contribution in [-0.4, -0.2) is 23.7 Å². The highest BCUT2D eigenvalue weighted by atomic mass is 16.5. The number of hydrogen-bond acceptors (Lipinski definition) is 3. The van der Waals surface area contributed by atoms with Crippen molar-refractivity contribution in [3.8, 4) is 5.75 Å². The fourth-order valence-electron chi connectivity index (χ4n) is 3.07. The van der Waals surface area contributed by atoms with Crippen LogP contribution in [0.15, 0.2) is 24.3 Å². The number of rotatable bonds is 4. The zero-order valence-electron chi connectivity index (χ0n) is 13.1. The topological polar surface area (TPSA) is 58.6 Å². The van der Waals surface area contributed by atoms with Crippen molar-refractivity contribution in [2.75, 3.05) is 12.4 Å². The zero-order valence-corrected chi connectivity index (χ0v) is 13.1. The summed E-state index contributed by atoms with van der Waals surface area (Å²) in [6.45, 7) is 4.43. The molecular formula is C17H25NO3. The summed E-state index contributed by atoms with van der Waals surface area (Å²) in [7, 11) is 1.60. The van der Waals surface area contributed by atoms with Crippen molar-refractivity contribution in [3.63, 3.8) is 0 Å². The van der Waals surface area contributed by atoms with Gasteiger partial charge in [0.25, 0.3) is 0 Å². The number of carbonyl (C=O) groups is 1. The van der Waals surface area contributed by atoms with Gasteiger partial charge in [0.15, 0.2) is 0 Å². The molecule has 1 aliphatic rings. The first-order valence-electron chi connectivity index (χ1n) is 7.53. The molecule has 2 N–H and O–H groups in total. The first-order chi connectivity index (χ1) is 9.88. The number of anilines is 1. The Labute approximate surface area is 126 Å². The number of benzene rings is 1. The molecule has 0 heterocycles. The van der Waals surface area contributed by atoms with Crippen LogP contribution in [0.25, 0.3) is 0 Å². The van der Waals surface area contributed by atoms with Gasteiger partial charge in [0.05, 0.1) is 12.8 Å². The lowest BCUT2D eigenvalue weighted by atomic mass is 9.83. The van der Waals surface area contributed by atoms with Crippen molar-refractivity contribution < 1.29 is 14.6 Å². The van der Waals surface area contributed by atoms with Gasteiger partial charge in [-0.3, -0.25) is 0 Å². The van der Waals surface area contributed by atoms with Gasteiger partial charge in [0.2, 0.25) is 0 Å². The molecule has 1 unspecified atom stereocenters. The number of carboxylic acid groups (broad SMARTS) is 1. The second kappa shape index (κ2) is 5.96. The monoisotopic (exact) mass is 291 g/mol. The lowest BCUT2D eigenvalue weighted by Crippen LogP contribution is -2.46. The number of para-hydroxylation sites is 2. The molecule has 0 aromatic heterocycles. The Morgan fingerprint density at radius 2 is 1.90 bits per heavy atom. The van der Waals surface area contributed by atoms with Crippen LogP contribution in [0.2, 0.25) is 0 Å². The molecule has 1 fully saturated rings. The van der Waals surface area contributed by atoms with Gasteiger partial charge in [-0.2, -0.15) is 0 Å². The molecule has 1 aromatic carbocycles.